The maximum absolute atomic E-state index is 12.1. The number of alkyl carbamates (subject to hydrolysis) is 1. The summed E-state index contributed by atoms with van der Waals surface area (Å²) in [6.07, 6.45) is 3.14. The van der Waals surface area contributed by atoms with Crippen LogP contribution in [0.25, 0.3) is 0 Å². The second-order valence-corrected chi connectivity index (χ2v) is 7.54. The van der Waals surface area contributed by atoms with Crippen LogP contribution >= 0.6 is 0 Å². The monoisotopic (exact) mass is 355 g/mol. The average Bonchev–Trinajstić information content (AvgIpc) is 2.49. The molecule has 0 bridgehead atoms. The molecule has 144 valence electrons. The van der Waals surface area contributed by atoms with E-state index in [9.17, 15) is 14.4 Å². The van der Waals surface area contributed by atoms with Gasteiger partial charge in [0.15, 0.2) is 0 Å². The third-order valence-corrected chi connectivity index (χ3v) is 4.77. The van der Waals surface area contributed by atoms with Crippen LogP contribution in [0, 0.1) is 11.8 Å². The van der Waals surface area contributed by atoms with Crippen molar-refractivity contribution >= 4 is 17.9 Å². The maximum atomic E-state index is 12.1. The van der Waals surface area contributed by atoms with Crippen molar-refractivity contribution in [3.8, 4) is 0 Å². The van der Waals surface area contributed by atoms with E-state index in [-0.39, 0.29) is 23.8 Å². The van der Waals surface area contributed by atoms with E-state index >= 15 is 0 Å². The molecule has 1 fully saturated rings. The molecule has 25 heavy (non-hydrogen) atoms. The molecule has 0 spiro atoms. The van der Waals surface area contributed by atoms with Crippen molar-refractivity contribution in [1.29, 1.82) is 0 Å². The minimum Gasteiger partial charge on any atom is -0.453 e. The van der Waals surface area contributed by atoms with Gasteiger partial charge in [-0.25, -0.2) is 4.79 Å². The molecular formula is C18H33N3O4. The molecule has 0 aromatic carbocycles. The Morgan fingerprint density at radius 1 is 1.24 bits per heavy atom. The molecule has 0 aromatic heterocycles. The largest absolute Gasteiger partial charge is 0.453 e. The minimum absolute atomic E-state index is 0.0337. The van der Waals surface area contributed by atoms with Crippen LogP contribution in [0.15, 0.2) is 0 Å². The van der Waals surface area contributed by atoms with Crippen LogP contribution < -0.4 is 16.0 Å². The molecule has 0 aromatic rings. The van der Waals surface area contributed by atoms with Crippen molar-refractivity contribution in [2.45, 2.75) is 71.4 Å². The highest BCUT2D eigenvalue weighted by molar-refractivity contribution is 5.79. The van der Waals surface area contributed by atoms with E-state index in [1.54, 1.807) is 0 Å². The molecule has 1 aliphatic carbocycles. The Balaban J connectivity index is 2.32. The molecule has 3 amide bonds. The fourth-order valence-corrected chi connectivity index (χ4v) is 3.18. The number of rotatable bonds is 9. The number of carbonyl (C=O) groups is 3. The third kappa shape index (κ3) is 7.32. The van der Waals surface area contributed by atoms with Gasteiger partial charge in [0.05, 0.1) is 7.11 Å². The van der Waals surface area contributed by atoms with Gasteiger partial charge in [-0.05, 0) is 59.3 Å². The van der Waals surface area contributed by atoms with Gasteiger partial charge in [-0.15, -0.1) is 0 Å². The van der Waals surface area contributed by atoms with Crippen molar-refractivity contribution in [2.24, 2.45) is 11.8 Å². The van der Waals surface area contributed by atoms with Crippen molar-refractivity contribution in [1.82, 2.24) is 16.0 Å². The lowest BCUT2D eigenvalue weighted by Gasteiger charge is -2.37. The molecule has 0 saturated heterocycles. The first kappa shape index (κ1) is 21.3. The standard InChI is InChI=1S/C18H33N3O4/c1-6-19-16(23)14-8-7-13(14)11-12(2)20-15(22)9-10-18(3,4)21-17(24)25-5/h12-14H,6-11H2,1-5H3,(H,19,23)(H,20,22)(H,21,24). The Morgan fingerprint density at radius 2 is 1.92 bits per heavy atom. The summed E-state index contributed by atoms with van der Waals surface area (Å²) in [5.41, 5.74) is -0.509. The molecular weight excluding hydrogens is 322 g/mol. The summed E-state index contributed by atoms with van der Waals surface area (Å²) in [6, 6.07) is 0.0337. The highest BCUT2D eigenvalue weighted by Gasteiger charge is 2.37. The lowest BCUT2D eigenvalue weighted by molar-refractivity contribution is -0.130. The summed E-state index contributed by atoms with van der Waals surface area (Å²) in [6.45, 7) is 8.26. The van der Waals surface area contributed by atoms with Crippen LogP contribution in [0.2, 0.25) is 0 Å². The molecule has 1 aliphatic rings. The van der Waals surface area contributed by atoms with Gasteiger partial charge < -0.3 is 20.7 Å². The topological polar surface area (TPSA) is 96.5 Å². The normalized spacial score (nSPS) is 20.8. The quantitative estimate of drug-likeness (QED) is 0.589. The van der Waals surface area contributed by atoms with Gasteiger partial charge in [0.1, 0.15) is 0 Å². The molecule has 3 atom stereocenters. The maximum Gasteiger partial charge on any atom is 0.407 e. The molecule has 7 nitrogen and oxygen atoms in total. The Bertz CT molecular complexity index is 479. The van der Waals surface area contributed by atoms with Crippen LogP contribution in [0.3, 0.4) is 0 Å². The number of carbonyl (C=O) groups excluding carboxylic acids is 3. The fourth-order valence-electron chi connectivity index (χ4n) is 3.18. The van der Waals surface area contributed by atoms with Gasteiger partial charge in [0.2, 0.25) is 11.8 Å². The van der Waals surface area contributed by atoms with E-state index in [2.05, 4.69) is 20.7 Å². The highest BCUT2D eigenvalue weighted by Crippen LogP contribution is 2.37. The SMILES string of the molecule is CCNC(=O)C1CCC1CC(C)NC(=O)CCC(C)(C)NC(=O)OC. The highest BCUT2D eigenvalue weighted by atomic mass is 16.5. The van der Waals surface area contributed by atoms with Gasteiger partial charge in [0, 0.05) is 30.5 Å². The minimum atomic E-state index is -0.509. The molecule has 1 rings (SSSR count). The molecule has 0 aliphatic heterocycles. The Labute approximate surface area is 150 Å². The van der Waals surface area contributed by atoms with Crippen LogP contribution in [0.1, 0.15) is 59.8 Å². The predicted octanol–water partition coefficient (Wildman–Crippen LogP) is 1.96. The summed E-state index contributed by atoms with van der Waals surface area (Å²) in [5, 5.41) is 8.58. The van der Waals surface area contributed by atoms with E-state index in [4.69, 9.17) is 0 Å². The van der Waals surface area contributed by atoms with E-state index in [0.29, 0.717) is 25.3 Å². The molecule has 3 N–H and O–H groups in total. The summed E-state index contributed by atoms with van der Waals surface area (Å²) in [5.74, 6) is 0.524. The first-order chi connectivity index (χ1) is 11.7. The average molecular weight is 355 g/mol. The lowest BCUT2D eigenvalue weighted by Crippen LogP contribution is -2.45. The van der Waals surface area contributed by atoms with Crippen molar-refractivity contribution in [3.63, 3.8) is 0 Å². The van der Waals surface area contributed by atoms with E-state index in [1.807, 2.05) is 27.7 Å². The predicted molar refractivity (Wildman–Crippen MR) is 96.0 cm³/mol. The summed E-state index contributed by atoms with van der Waals surface area (Å²) < 4.78 is 4.58. The van der Waals surface area contributed by atoms with Crippen molar-refractivity contribution < 1.29 is 19.1 Å². The number of hydrogen-bond donors (Lipinski definition) is 3. The number of nitrogens with one attached hydrogen (secondary N) is 3. The second-order valence-electron chi connectivity index (χ2n) is 7.54. The molecule has 0 heterocycles. The zero-order chi connectivity index (χ0) is 19.0. The zero-order valence-electron chi connectivity index (χ0n) is 16.1. The Kier molecular flexibility index (Phi) is 8.19. The third-order valence-electron chi connectivity index (χ3n) is 4.77. The summed E-state index contributed by atoms with van der Waals surface area (Å²) in [4.78, 5) is 35.3. The second kappa shape index (κ2) is 9.63. The van der Waals surface area contributed by atoms with Crippen LogP contribution in [-0.2, 0) is 14.3 Å². The fraction of sp³-hybridized carbons (Fsp3) is 0.833. The smallest absolute Gasteiger partial charge is 0.407 e. The van der Waals surface area contributed by atoms with E-state index in [0.717, 1.165) is 19.3 Å². The van der Waals surface area contributed by atoms with Gasteiger partial charge in [0.25, 0.3) is 0 Å². The van der Waals surface area contributed by atoms with Gasteiger partial charge >= 0.3 is 6.09 Å². The molecule has 0 radical (unpaired) electrons. The Morgan fingerprint density at radius 3 is 2.44 bits per heavy atom. The zero-order valence-corrected chi connectivity index (χ0v) is 16.1. The van der Waals surface area contributed by atoms with Gasteiger partial charge in [-0.3, -0.25) is 9.59 Å². The molecule has 7 heteroatoms. The first-order valence-corrected chi connectivity index (χ1v) is 9.11. The number of amides is 3. The number of ether oxygens (including phenoxy) is 1. The van der Waals surface area contributed by atoms with Crippen LogP contribution in [-0.4, -0.2) is 43.1 Å². The summed E-state index contributed by atoms with van der Waals surface area (Å²) in [7, 11) is 1.31. The Hall–Kier alpha value is -1.79. The van der Waals surface area contributed by atoms with E-state index < -0.39 is 11.6 Å². The van der Waals surface area contributed by atoms with E-state index in [1.165, 1.54) is 7.11 Å². The van der Waals surface area contributed by atoms with Crippen LogP contribution in [0.5, 0.6) is 0 Å². The van der Waals surface area contributed by atoms with Gasteiger partial charge in [-0.2, -0.15) is 0 Å². The first-order valence-electron chi connectivity index (χ1n) is 9.11. The van der Waals surface area contributed by atoms with Gasteiger partial charge in [-0.1, -0.05) is 0 Å². The number of hydrogen-bond acceptors (Lipinski definition) is 4. The van der Waals surface area contributed by atoms with Crippen LogP contribution in [0.4, 0.5) is 4.79 Å². The summed E-state index contributed by atoms with van der Waals surface area (Å²) >= 11 is 0. The molecule has 1 saturated carbocycles. The molecule has 3 unspecified atom stereocenters. The van der Waals surface area contributed by atoms with Crippen molar-refractivity contribution in [2.75, 3.05) is 13.7 Å². The number of methoxy groups -OCH3 is 1. The lowest BCUT2D eigenvalue weighted by atomic mass is 9.70. The van der Waals surface area contributed by atoms with Crippen molar-refractivity contribution in [3.05, 3.63) is 0 Å².